The van der Waals surface area contributed by atoms with Gasteiger partial charge in [0.05, 0.1) is 11.1 Å². The Labute approximate surface area is 179 Å². The van der Waals surface area contributed by atoms with Crippen LogP contribution in [0, 0.1) is 13.8 Å². The molecule has 4 N–H and O–H groups in total. The third-order valence-electron chi connectivity index (χ3n) is 3.53. The van der Waals surface area contributed by atoms with E-state index in [1.807, 2.05) is 58.0 Å². The minimum atomic E-state index is 0.0256. The van der Waals surface area contributed by atoms with Crippen LogP contribution in [0.1, 0.15) is 25.2 Å². The fourth-order valence-corrected chi connectivity index (χ4v) is 2.73. The number of aryl methyl sites for hydroxylation is 2. The van der Waals surface area contributed by atoms with Gasteiger partial charge in [0, 0.05) is 35.5 Å². The maximum atomic E-state index is 8.93. The summed E-state index contributed by atoms with van der Waals surface area (Å²) in [6.45, 7) is 8.32. The van der Waals surface area contributed by atoms with E-state index in [1.165, 1.54) is 0 Å². The lowest BCUT2D eigenvalue weighted by Crippen LogP contribution is -2.09. The highest BCUT2D eigenvalue weighted by Gasteiger charge is 2.06. The molecule has 0 aliphatic heterocycles. The van der Waals surface area contributed by atoms with E-state index in [1.54, 1.807) is 6.20 Å². The van der Waals surface area contributed by atoms with Gasteiger partial charge in [-0.05, 0) is 60.1 Å². The average Bonchev–Trinajstić information content (AvgIpc) is 2.70. The summed E-state index contributed by atoms with van der Waals surface area (Å²) in [5.74, 6) is 1.65. The molecule has 0 fully saturated rings. The molecule has 29 heavy (non-hydrogen) atoms. The Bertz CT molecular complexity index is 899. The largest absolute Gasteiger partial charge is 0.395 e. The Kier molecular flexibility index (Phi) is 8.75. The number of aromatic nitrogens is 4. The molecule has 0 aliphatic carbocycles. The van der Waals surface area contributed by atoms with E-state index in [0.29, 0.717) is 24.3 Å². The van der Waals surface area contributed by atoms with E-state index < -0.39 is 0 Å². The van der Waals surface area contributed by atoms with Gasteiger partial charge in [0.25, 0.3) is 0 Å². The topological polar surface area (TPSA) is 108 Å². The van der Waals surface area contributed by atoms with Gasteiger partial charge in [0.1, 0.15) is 5.82 Å². The first kappa shape index (κ1) is 22.5. The molecular weight excluding hydrogens is 434 g/mol. The normalized spacial score (nSPS) is 10.0. The summed E-state index contributed by atoms with van der Waals surface area (Å²) in [7, 11) is 0. The van der Waals surface area contributed by atoms with Crippen molar-refractivity contribution < 1.29 is 5.11 Å². The van der Waals surface area contributed by atoms with Crippen molar-refractivity contribution in [3.8, 4) is 0 Å². The van der Waals surface area contributed by atoms with Crippen molar-refractivity contribution in [2.24, 2.45) is 0 Å². The summed E-state index contributed by atoms with van der Waals surface area (Å²) in [6, 6.07) is 9.61. The molecule has 0 bridgehead atoms. The Hall–Kier alpha value is -2.78. The molecule has 3 rings (SSSR count). The van der Waals surface area contributed by atoms with Crippen LogP contribution in [-0.4, -0.2) is 38.2 Å². The van der Waals surface area contributed by atoms with Crippen molar-refractivity contribution in [2.45, 2.75) is 27.7 Å². The van der Waals surface area contributed by atoms with Gasteiger partial charge in [-0.15, -0.1) is 0 Å². The molecule has 0 spiro atoms. The van der Waals surface area contributed by atoms with E-state index >= 15 is 0 Å². The third kappa shape index (κ3) is 6.95. The SMILES string of the molecule is CC.Cc1cc(C)nc(Nc2ccc(Nc3ncc(Br)c(NCCO)n3)cc2)n1. The van der Waals surface area contributed by atoms with Crippen molar-refractivity contribution in [3.05, 3.63) is 52.4 Å². The molecule has 8 nitrogen and oxygen atoms in total. The van der Waals surface area contributed by atoms with Gasteiger partial charge < -0.3 is 21.1 Å². The summed E-state index contributed by atoms with van der Waals surface area (Å²) in [4.78, 5) is 17.4. The molecule has 3 aromatic rings. The number of nitrogens with zero attached hydrogens (tertiary/aromatic N) is 4. The predicted molar refractivity (Wildman–Crippen MR) is 121 cm³/mol. The summed E-state index contributed by atoms with van der Waals surface area (Å²) in [6.07, 6.45) is 1.66. The minimum Gasteiger partial charge on any atom is -0.395 e. The summed E-state index contributed by atoms with van der Waals surface area (Å²) >= 11 is 3.38. The van der Waals surface area contributed by atoms with Crippen LogP contribution in [-0.2, 0) is 0 Å². The summed E-state index contributed by atoms with van der Waals surface area (Å²) < 4.78 is 0.731. The first-order valence-corrected chi connectivity index (χ1v) is 10.2. The van der Waals surface area contributed by atoms with Crippen LogP contribution in [0.5, 0.6) is 0 Å². The van der Waals surface area contributed by atoms with E-state index in [9.17, 15) is 0 Å². The van der Waals surface area contributed by atoms with E-state index in [-0.39, 0.29) is 6.61 Å². The van der Waals surface area contributed by atoms with E-state index in [4.69, 9.17) is 5.11 Å². The Morgan fingerprint density at radius 2 is 1.45 bits per heavy atom. The van der Waals surface area contributed by atoms with E-state index in [0.717, 1.165) is 27.2 Å². The predicted octanol–water partition coefficient (Wildman–Crippen LogP) is 4.56. The summed E-state index contributed by atoms with van der Waals surface area (Å²) in [5, 5.41) is 18.3. The molecule has 1 aromatic carbocycles. The fourth-order valence-electron chi connectivity index (χ4n) is 2.40. The van der Waals surface area contributed by atoms with Crippen LogP contribution in [0.25, 0.3) is 0 Å². The molecule has 0 unspecified atom stereocenters. The van der Waals surface area contributed by atoms with Crippen LogP contribution in [0.3, 0.4) is 0 Å². The Morgan fingerprint density at radius 3 is 2.00 bits per heavy atom. The first-order valence-electron chi connectivity index (χ1n) is 9.37. The molecule has 9 heteroatoms. The zero-order valence-electron chi connectivity index (χ0n) is 17.0. The van der Waals surface area contributed by atoms with Gasteiger partial charge in [-0.25, -0.2) is 15.0 Å². The zero-order valence-corrected chi connectivity index (χ0v) is 18.6. The van der Waals surface area contributed by atoms with Crippen molar-refractivity contribution in [3.63, 3.8) is 0 Å². The van der Waals surface area contributed by atoms with E-state index in [2.05, 4.69) is 51.8 Å². The first-order chi connectivity index (χ1) is 14.0. The maximum Gasteiger partial charge on any atom is 0.229 e. The number of aliphatic hydroxyl groups excluding tert-OH is 1. The van der Waals surface area contributed by atoms with Crippen LogP contribution in [0.4, 0.5) is 29.1 Å². The van der Waals surface area contributed by atoms with Gasteiger partial charge in [-0.2, -0.15) is 4.98 Å². The van der Waals surface area contributed by atoms with Crippen molar-refractivity contribution >= 4 is 45.0 Å². The molecule has 2 aromatic heterocycles. The second-order valence-corrected chi connectivity index (χ2v) is 6.70. The molecule has 154 valence electrons. The number of hydrogen-bond donors (Lipinski definition) is 4. The molecule has 0 saturated carbocycles. The second-order valence-electron chi connectivity index (χ2n) is 5.84. The number of anilines is 5. The molecule has 0 saturated heterocycles. The highest BCUT2D eigenvalue weighted by atomic mass is 79.9. The number of rotatable bonds is 7. The summed E-state index contributed by atoms with van der Waals surface area (Å²) in [5.41, 5.74) is 3.56. The van der Waals surface area contributed by atoms with Crippen LogP contribution in [0.2, 0.25) is 0 Å². The van der Waals surface area contributed by atoms with Gasteiger partial charge in [-0.1, -0.05) is 13.8 Å². The Morgan fingerprint density at radius 1 is 0.897 bits per heavy atom. The number of nitrogens with one attached hydrogen (secondary N) is 3. The molecule has 2 heterocycles. The molecule has 0 radical (unpaired) electrons. The van der Waals surface area contributed by atoms with Gasteiger partial charge >= 0.3 is 0 Å². The second kappa shape index (κ2) is 11.3. The Balaban J connectivity index is 0.00000145. The van der Waals surface area contributed by atoms with Crippen LogP contribution in [0.15, 0.2) is 41.0 Å². The van der Waals surface area contributed by atoms with Crippen molar-refractivity contribution in [1.82, 2.24) is 19.9 Å². The van der Waals surface area contributed by atoms with Crippen molar-refractivity contribution in [1.29, 1.82) is 0 Å². The molecular formula is C20H26BrN7O. The van der Waals surface area contributed by atoms with Gasteiger partial charge in [-0.3, -0.25) is 0 Å². The monoisotopic (exact) mass is 459 g/mol. The van der Waals surface area contributed by atoms with Crippen LogP contribution < -0.4 is 16.0 Å². The van der Waals surface area contributed by atoms with Crippen LogP contribution >= 0.6 is 15.9 Å². The maximum absolute atomic E-state index is 8.93. The average molecular weight is 460 g/mol. The minimum absolute atomic E-state index is 0.0256. The molecule has 0 aliphatic rings. The third-order valence-corrected chi connectivity index (χ3v) is 4.11. The van der Waals surface area contributed by atoms with Crippen molar-refractivity contribution in [2.75, 3.05) is 29.1 Å². The molecule has 0 amide bonds. The highest BCUT2D eigenvalue weighted by molar-refractivity contribution is 9.10. The smallest absolute Gasteiger partial charge is 0.229 e. The standard InChI is InChI=1S/C18H20BrN7O.C2H6/c1-11-9-12(2)23-18(22-11)25-14-5-3-13(4-6-14)24-17-21-10-15(19)16(26-17)20-7-8-27;1-2/h3-6,9-10,27H,7-8H2,1-2H3,(H,22,23,25)(H2,20,21,24,26);1-2H3. The highest BCUT2D eigenvalue weighted by Crippen LogP contribution is 2.23. The number of halogens is 1. The molecule has 0 atom stereocenters. The lowest BCUT2D eigenvalue weighted by Gasteiger charge is -2.10. The fraction of sp³-hybridized carbons (Fsp3) is 0.300. The number of benzene rings is 1. The lowest BCUT2D eigenvalue weighted by atomic mass is 10.3. The van der Waals surface area contributed by atoms with Gasteiger partial charge in [0.15, 0.2) is 0 Å². The quantitative estimate of drug-likeness (QED) is 0.406. The zero-order chi connectivity index (χ0) is 21.2. The lowest BCUT2D eigenvalue weighted by molar-refractivity contribution is 0.311. The van der Waals surface area contributed by atoms with Gasteiger partial charge in [0.2, 0.25) is 11.9 Å². The number of hydrogen-bond acceptors (Lipinski definition) is 8. The number of aliphatic hydroxyl groups is 1.